The van der Waals surface area contributed by atoms with Gasteiger partial charge in [0.1, 0.15) is 18.2 Å². The molecule has 0 fully saturated rings. The second kappa shape index (κ2) is 7.98. The van der Waals surface area contributed by atoms with Crippen LogP contribution in [0.1, 0.15) is 19.7 Å². The minimum absolute atomic E-state index is 0.158. The normalized spacial score (nSPS) is 11.3. The van der Waals surface area contributed by atoms with E-state index in [0.717, 1.165) is 6.54 Å². The van der Waals surface area contributed by atoms with E-state index in [1.165, 1.54) is 0 Å². The fourth-order valence-electron chi connectivity index (χ4n) is 1.44. The van der Waals surface area contributed by atoms with Crippen molar-refractivity contribution in [3.8, 4) is 0 Å². The summed E-state index contributed by atoms with van der Waals surface area (Å²) in [5.74, 6) is 1.57. The van der Waals surface area contributed by atoms with Crippen LogP contribution in [0.25, 0.3) is 0 Å². The number of primary sulfonamides is 1. The molecule has 0 aliphatic heterocycles. The lowest BCUT2D eigenvalue weighted by Crippen LogP contribution is -2.22. The topological polar surface area (TPSA) is 119 Å². The highest BCUT2D eigenvalue weighted by molar-refractivity contribution is 7.89. The lowest BCUT2D eigenvalue weighted by Gasteiger charge is -2.10. The SMILES string of the molecule is CCNc1cc(NCCS(N)(=O)=O)nc(COCC)n1. The van der Waals surface area contributed by atoms with E-state index in [0.29, 0.717) is 30.7 Å². The maximum atomic E-state index is 10.9. The van der Waals surface area contributed by atoms with Crippen LogP contribution in [-0.2, 0) is 21.4 Å². The Kier molecular flexibility index (Phi) is 6.62. The van der Waals surface area contributed by atoms with Gasteiger partial charge in [-0.1, -0.05) is 0 Å². The summed E-state index contributed by atoms with van der Waals surface area (Å²) >= 11 is 0. The maximum Gasteiger partial charge on any atom is 0.210 e. The van der Waals surface area contributed by atoms with Crippen molar-refractivity contribution >= 4 is 21.7 Å². The van der Waals surface area contributed by atoms with Crippen LogP contribution in [0.5, 0.6) is 0 Å². The largest absolute Gasteiger partial charge is 0.374 e. The summed E-state index contributed by atoms with van der Waals surface area (Å²) in [6.45, 7) is 5.64. The van der Waals surface area contributed by atoms with Crippen LogP contribution in [0.3, 0.4) is 0 Å². The molecule has 20 heavy (non-hydrogen) atoms. The monoisotopic (exact) mass is 303 g/mol. The van der Waals surface area contributed by atoms with Gasteiger partial charge < -0.3 is 15.4 Å². The molecular formula is C11H21N5O3S. The number of ether oxygens (including phenoxy) is 1. The van der Waals surface area contributed by atoms with E-state index in [1.54, 1.807) is 6.07 Å². The molecule has 0 atom stereocenters. The molecule has 0 radical (unpaired) electrons. The summed E-state index contributed by atoms with van der Waals surface area (Å²) < 4.78 is 27.0. The number of nitrogens with one attached hydrogen (secondary N) is 2. The number of nitrogens with zero attached hydrogens (tertiary/aromatic N) is 2. The maximum absolute atomic E-state index is 10.9. The molecule has 114 valence electrons. The molecule has 0 aromatic carbocycles. The predicted octanol–water partition coefficient (Wildman–Crippen LogP) is 0.145. The molecule has 0 unspecified atom stereocenters. The molecule has 4 N–H and O–H groups in total. The van der Waals surface area contributed by atoms with Crippen molar-refractivity contribution in [2.75, 3.05) is 36.1 Å². The minimum Gasteiger partial charge on any atom is -0.374 e. The first-order valence-corrected chi connectivity index (χ1v) is 8.10. The van der Waals surface area contributed by atoms with Gasteiger partial charge in [0.25, 0.3) is 0 Å². The number of nitrogens with two attached hydrogens (primary N) is 1. The van der Waals surface area contributed by atoms with E-state index < -0.39 is 10.0 Å². The van der Waals surface area contributed by atoms with Gasteiger partial charge in [0, 0.05) is 25.8 Å². The van der Waals surface area contributed by atoms with Gasteiger partial charge in [-0.15, -0.1) is 0 Å². The van der Waals surface area contributed by atoms with E-state index in [4.69, 9.17) is 9.88 Å². The Morgan fingerprint density at radius 2 is 1.90 bits per heavy atom. The molecular weight excluding hydrogens is 282 g/mol. The third-order valence-corrected chi connectivity index (χ3v) is 3.03. The van der Waals surface area contributed by atoms with Crippen molar-refractivity contribution in [2.45, 2.75) is 20.5 Å². The van der Waals surface area contributed by atoms with Gasteiger partial charge >= 0.3 is 0 Å². The number of rotatable bonds is 9. The zero-order chi connectivity index (χ0) is 15.0. The van der Waals surface area contributed by atoms with Crippen molar-refractivity contribution in [1.29, 1.82) is 0 Å². The van der Waals surface area contributed by atoms with Crippen molar-refractivity contribution in [1.82, 2.24) is 9.97 Å². The van der Waals surface area contributed by atoms with Crippen LogP contribution in [-0.4, -0.2) is 43.8 Å². The summed E-state index contributed by atoms with van der Waals surface area (Å²) in [4.78, 5) is 8.54. The van der Waals surface area contributed by atoms with Gasteiger partial charge in [-0.05, 0) is 13.8 Å². The van der Waals surface area contributed by atoms with Crippen molar-refractivity contribution in [3.63, 3.8) is 0 Å². The zero-order valence-corrected chi connectivity index (χ0v) is 12.5. The molecule has 9 heteroatoms. The van der Waals surface area contributed by atoms with Gasteiger partial charge in [-0.3, -0.25) is 0 Å². The lowest BCUT2D eigenvalue weighted by molar-refractivity contribution is 0.128. The first kappa shape index (κ1) is 16.6. The fraction of sp³-hybridized carbons (Fsp3) is 0.636. The lowest BCUT2D eigenvalue weighted by atomic mass is 10.4. The molecule has 1 aromatic heterocycles. The van der Waals surface area contributed by atoms with E-state index in [9.17, 15) is 8.42 Å². The van der Waals surface area contributed by atoms with Crippen LogP contribution in [0, 0.1) is 0 Å². The van der Waals surface area contributed by atoms with E-state index in [2.05, 4.69) is 20.6 Å². The van der Waals surface area contributed by atoms with Crippen molar-refractivity contribution in [3.05, 3.63) is 11.9 Å². The third kappa shape index (κ3) is 6.64. The molecule has 0 saturated carbocycles. The standard InChI is InChI=1S/C11H21N5O3S/c1-3-13-9-7-10(14-5-6-20(12,17)18)16-11(15-9)8-19-4-2/h7H,3-6,8H2,1-2H3,(H2,12,17,18)(H2,13,14,15,16). The molecule has 1 aromatic rings. The Labute approximate surface area is 119 Å². The van der Waals surface area contributed by atoms with Crippen LogP contribution in [0.2, 0.25) is 0 Å². The highest BCUT2D eigenvalue weighted by Gasteiger charge is 2.06. The van der Waals surface area contributed by atoms with Gasteiger partial charge in [-0.25, -0.2) is 23.5 Å². The van der Waals surface area contributed by atoms with Crippen molar-refractivity contribution < 1.29 is 13.2 Å². The summed E-state index contributed by atoms with van der Waals surface area (Å²) in [6.07, 6.45) is 0. The number of anilines is 2. The molecule has 0 saturated heterocycles. The van der Waals surface area contributed by atoms with Crippen LogP contribution >= 0.6 is 0 Å². The van der Waals surface area contributed by atoms with E-state index in [1.807, 2.05) is 13.8 Å². The minimum atomic E-state index is -3.49. The second-order valence-corrected chi connectivity index (χ2v) is 5.75. The molecule has 0 aliphatic carbocycles. The second-order valence-electron chi connectivity index (χ2n) is 4.02. The molecule has 1 rings (SSSR count). The third-order valence-electron chi connectivity index (χ3n) is 2.26. The number of hydrogen-bond acceptors (Lipinski definition) is 7. The number of aromatic nitrogens is 2. The van der Waals surface area contributed by atoms with Gasteiger partial charge in [0.15, 0.2) is 5.82 Å². The highest BCUT2D eigenvalue weighted by atomic mass is 32.2. The summed E-state index contributed by atoms with van der Waals surface area (Å²) in [5.41, 5.74) is 0. The molecule has 1 heterocycles. The Morgan fingerprint density at radius 3 is 2.45 bits per heavy atom. The molecule has 0 aliphatic rings. The average Bonchev–Trinajstić information content (AvgIpc) is 2.35. The molecule has 0 amide bonds. The summed E-state index contributed by atoms with van der Waals surface area (Å²) in [6, 6.07) is 1.71. The Bertz CT molecular complexity index is 521. The number of sulfonamides is 1. The Hall–Kier alpha value is -1.45. The van der Waals surface area contributed by atoms with Gasteiger partial charge in [0.2, 0.25) is 10.0 Å². The van der Waals surface area contributed by atoms with E-state index >= 15 is 0 Å². The Balaban J connectivity index is 2.74. The van der Waals surface area contributed by atoms with Gasteiger partial charge in [-0.2, -0.15) is 0 Å². The van der Waals surface area contributed by atoms with Crippen LogP contribution in [0.4, 0.5) is 11.6 Å². The van der Waals surface area contributed by atoms with Crippen molar-refractivity contribution in [2.24, 2.45) is 5.14 Å². The summed E-state index contributed by atoms with van der Waals surface area (Å²) in [5, 5.41) is 10.9. The number of hydrogen-bond donors (Lipinski definition) is 3. The fourth-order valence-corrected chi connectivity index (χ4v) is 1.83. The quantitative estimate of drug-likeness (QED) is 0.594. The van der Waals surface area contributed by atoms with Crippen LogP contribution in [0.15, 0.2) is 6.07 Å². The smallest absolute Gasteiger partial charge is 0.210 e. The average molecular weight is 303 g/mol. The van der Waals surface area contributed by atoms with E-state index in [-0.39, 0.29) is 12.3 Å². The molecule has 8 nitrogen and oxygen atoms in total. The zero-order valence-electron chi connectivity index (χ0n) is 11.7. The predicted molar refractivity (Wildman–Crippen MR) is 78.0 cm³/mol. The Morgan fingerprint density at radius 1 is 1.25 bits per heavy atom. The molecule has 0 spiro atoms. The van der Waals surface area contributed by atoms with Crippen LogP contribution < -0.4 is 15.8 Å². The first-order chi connectivity index (χ1) is 9.44. The summed E-state index contributed by atoms with van der Waals surface area (Å²) in [7, 11) is -3.49. The molecule has 0 bridgehead atoms. The van der Waals surface area contributed by atoms with Gasteiger partial charge in [0.05, 0.1) is 5.75 Å². The first-order valence-electron chi connectivity index (χ1n) is 6.38. The highest BCUT2D eigenvalue weighted by Crippen LogP contribution is 2.11.